The molecule has 0 bridgehead atoms. The Labute approximate surface area is 131 Å². The number of thioether (sulfide) groups is 1. The van der Waals surface area contributed by atoms with Gasteiger partial charge in [-0.25, -0.2) is 0 Å². The minimum atomic E-state index is 0.131. The molecule has 21 heavy (non-hydrogen) atoms. The molecule has 0 radical (unpaired) electrons. The number of benzene rings is 2. The molecule has 2 rings (SSSR count). The number of hydrogen-bond acceptors (Lipinski definition) is 3. The first kappa shape index (κ1) is 15.9. The van der Waals surface area contributed by atoms with Gasteiger partial charge in [0.05, 0.1) is 0 Å². The second-order valence-corrected chi connectivity index (χ2v) is 6.85. The van der Waals surface area contributed by atoms with Crippen molar-refractivity contribution in [2.75, 3.05) is 6.26 Å². The largest absolute Gasteiger partial charge is 0.456 e. The lowest BCUT2D eigenvalue weighted by molar-refractivity contribution is 0.424. The third kappa shape index (κ3) is 5.10. The van der Waals surface area contributed by atoms with E-state index in [0.29, 0.717) is 0 Å². The normalized spacial score (nSPS) is 11.4. The monoisotopic (exact) mass is 301 g/mol. The Kier molecular flexibility index (Phi) is 5.32. The molecule has 0 saturated carbocycles. The molecule has 0 aliphatic rings. The van der Waals surface area contributed by atoms with E-state index in [1.165, 1.54) is 5.56 Å². The molecule has 1 N–H and O–H groups in total. The molecule has 2 nitrogen and oxygen atoms in total. The van der Waals surface area contributed by atoms with Crippen LogP contribution >= 0.6 is 11.8 Å². The fraction of sp³-hybridized carbons (Fsp3) is 0.333. The van der Waals surface area contributed by atoms with Gasteiger partial charge in [-0.2, -0.15) is 0 Å². The van der Waals surface area contributed by atoms with Crippen molar-refractivity contribution in [1.29, 1.82) is 0 Å². The first-order valence-electron chi connectivity index (χ1n) is 7.13. The van der Waals surface area contributed by atoms with Crippen molar-refractivity contribution < 1.29 is 4.74 Å². The van der Waals surface area contributed by atoms with E-state index in [0.717, 1.165) is 22.9 Å². The molecule has 2 aromatic carbocycles. The minimum Gasteiger partial charge on any atom is -0.456 e. The van der Waals surface area contributed by atoms with Crippen LogP contribution in [0.15, 0.2) is 53.4 Å². The average Bonchev–Trinajstić information content (AvgIpc) is 2.46. The molecule has 0 amide bonds. The predicted molar refractivity (Wildman–Crippen MR) is 91.3 cm³/mol. The van der Waals surface area contributed by atoms with Gasteiger partial charge in [-0.1, -0.05) is 24.3 Å². The van der Waals surface area contributed by atoms with E-state index < -0.39 is 0 Å². The minimum absolute atomic E-state index is 0.131. The van der Waals surface area contributed by atoms with Gasteiger partial charge in [0.25, 0.3) is 0 Å². The van der Waals surface area contributed by atoms with Crippen molar-refractivity contribution in [3.05, 3.63) is 54.1 Å². The van der Waals surface area contributed by atoms with Gasteiger partial charge >= 0.3 is 0 Å². The fourth-order valence-corrected chi connectivity index (χ4v) is 2.40. The van der Waals surface area contributed by atoms with Gasteiger partial charge in [-0.15, -0.1) is 11.8 Å². The van der Waals surface area contributed by atoms with Crippen LogP contribution in [-0.2, 0) is 6.54 Å². The Morgan fingerprint density at radius 3 is 2.29 bits per heavy atom. The summed E-state index contributed by atoms with van der Waals surface area (Å²) < 4.78 is 5.96. The number of ether oxygens (including phenoxy) is 1. The van der Waals surface area contributed by atoms with Gasteiger partial charge in [-0.3, -0.25) is 0 Å². The van der Waals surface area contributed by atoms with E-state index in [9.17, 15) is 0 Å². The molecule has 0 saturated heterocycles. The van der Waals surface area contributed by atoms with Crippen molar-refractivity contribution in [2.24, 2.45) is 0 Å². The highest BCUT2D eigenvalue weighted by atomic mass is 32.2. The number of nitrogens with one attached hydrogen (secondary N) is 1. The molecular formula is C18H23NOS. The zero-order valence-corrected chi connectivity index (χ0v) is 14.0. The zero-order valence-electron chi connectivity index (χ0n) is 13.1. The topological polar surface area (TPSA) is 21.3 Å². The second-order valence-electron chi connectivity index (χ2n) is 6.00. The molecule has 0 heterocycles. The lowest BCUT2D eigenvalue weighted by Crippen LogP contribution is -2.34. The van der Waals surface area contributed by atoms with Crippen molar-refractivity contribution in [1.82, 2.24) is 5.32 Å². The summed E-state index contributed by atoms with van der Waals surface area (Å²) in [4.78, 5) is 1.15. The van der Waals surface area contributed by atoms with Gasteiger partial charge in [-0.05, 0) is 56.9 Å². The van der Waals surface area contributed by atoms with Crippen molar-refractivity contribution in [3.8, 4) is 11.5 Å². The molecule has 0 fully saturated rings. The smallest absolute Gasteiger partial charge is 0.140 e. The lowest BCUT2D eigenvalue weighted by atomic mass is 10.1. The van der Waals surface area contributed by atoms with Crippen LogP contribution in [0.3, 0.4) is 0 Å². The molecular weight excluding hydrogens is 278 g/mol. The number of hydrogen-bond donors (Lipinski definition) is 1. The summed E-state index contributed by atoms with van der Waals surface area (Å²) >= 11 is 1.69. The molecule has 0 aliphatic carbocycles. The van der Waals surface area contributed by atoms with Crippen molar-refractivity contribution in [2.45, 2.75) is 37.8 Å². The van der Waals surface area contributed by atoms with Gasteiger partial charge in [0.15, 0.2) is 0 Å². The molecule has 0 aliphatic heterocycles. The molecule has 3 heteroatoms. The van der Waals surface area contributed by atoms with Gasteiger partial charge in [0.2, 0.25) is 0 Å². The number of para-hydroxylation sites is 1. The highest BCUT2D eigenvalue weighted by Crippen LogP contribution is 2.31. The van der Waals surface area contributed by atoms with Gasteiger partial charge in [0, 0.05) is 17.0 Å². The van der Waals surface area contributed by atoms with Crippen LogP contribution in [0.5, 0.6) is 11.5 Å². The Morgan fingerprint density at radius 1 is 1.00 bits per heavy atom. The Balaban J connectivity index is 2.02. The van der Waals surface area contributed by atoms with Gasteiger partial charge < -0.3 is 10.1 Å². The van der Waals surface area contributed by atoms with E-state index in [1.54, 1.807) is 11.8 Å². The maximum atomic E-state index is 5.96. The standard InChI is InChI=1S/C18H23NOS/c1-18(2,3)19-13-14-9-11-15(12-10-14)20-16-7-5-6-8-17(16)21-4/h5-12,19H,13H2,1-4H3. The maximum absolute atomic E-state index is 5.96. The van der Waals surface area contributed by atoms with Crippen LogP contribution in [-0.4, -0.2) is 11.8 Å². The van der Waals surface area contributed by atoms with E-state index in [1.807, 2.05) is 30.3 Å². The molecule has 0 atom stereocenters. The van der Waals surface area contributed by atoms with Crippen LogP contribution < -0.4 is 10.1 Å². The van der Waals surface area contributed by atoms with Crippen LogP contribution in [0.2, 0.25) is 0 Å². The van der Waals surface area contributed by atoms with E-state index >= 15 is 0 Å². The lowest BCUT2D eigenvalue weighted by Gasteiger charge is -2.20. The summed E-state index contributed by atoms with van der Waals surface area (Å²) in [5, 5.41) is 3.48. The molecule has 0 unspecified atom stereocenters. The van der Waals surface area contributed by atoms with E-state index in [4.69, 9.17) is 4.74 Å². The molecule has 2 aromatic rings. The predicted octanol–water partition coefficient (Wildman–Crippen LogP) is 5.09. The Bertz CT molecular complexity index is 573. The quantitative estimate of drug-likeness (QED) is 0.777. The summed E-state index contributed by atoms with van der Waals surface area (Å²) in [5.74, 6) is 1.78. The van der Waals surface area contributed by atoms with Crippen LogP contribution in [0, 0.1) is 0 Å². The summed E-state index contributed by atoms with van der Waals surface area (Å²) in [7, 11) is 0. The van der Waals surface area contributed by atoms with Crippen LogP contribution in [0.4, 0.5) is 0 Å². The molecule has 0 aromatic heterocycles. The van der Waals surface area contributed by atoms with E-state index in [2.05, 4.69) is 50.5 Å². The first-order chi connectivity index (χ1) is 9.98. The summed E-state index contributed by atoms with van der Waals surface area (Å²) in [6.45, 7) is 7.38. The Morgan fingerprint density at radius 2 is 1.67 bits per heavy atom. The maximum Gasteiger partial charge on any atom is 0.140 e. The summed E-state index contributed by atoms with van der Waals surface area (Å²) in [6.07, 6.45) is 2.06. The molecule has 112 valence electrons. The average molecular weight is 301 g/mol. The SMILES string of the molecule is CSc1ccccc1Oc1ccc(CNC(C)(C)C)cc1. The van der Waals surface area contributed by atoms with Crippen LogP contribution in [0.1, 0.15) is 26.3 Å². The third-order valence-electron chi connectivity index (χ3n) is 3.04. The highest BCUT2D eigenvalue weighted by molar-refractivity contribution is 7.98. The summed E-state index contributed by atoms with van der Waals surface area (Å²) in [5.41, 5.74) is 1.39. The second kappa shape index (κ2) is 7.01. The first-order valence-corrected chi connectivity index (χ1v) is 8.35. The Hall–Kier alpha value is -1.45. The number of rotatable bonds is 5. The van der Waals surface area contributed by atoms with Crippen LogP contribution in [0.25, 0.3) is 0 Å². The van der Waals surface area contributed by atoms with Crippen molar-refractivity contribution >= 4 is 11.8 Å². The zero-order chi connectivity index (χ0) is 15.3. The van der Waals surface area contributed by atoms with Gasteiger partial charge in [0.1, 0.15) is 11.5 Å². The third-order valence-corrected chi connectivity index (χ3v) is 3.82. The fourth-order valence-electron chi connectivity index (χ4n) is 1.87. The molecule has 0 spiro atoms. The van der Waals surface area contributed by atoms with E-state index in [-0.39, 0.29) is 5.54 Å². The summed E-state index contributed by atoms with van der Waals surface area (Å²) in [6, 6.07) is 16.4. The van der Waals surface area contributed by atoms with Crippen molar-refractivity contribution in [3.63, 3.8) is 0 Å². The highest BCUT2D eigenvalue weighted by Gasteiger charge is 2.08.